The molecular formula is C16H14Cl2OS. The van der Waals surface area contributed by atoms with Crippen molar-refractivity contribution in [2.75, 3.05) is 0 Å². The average Bonchev–Trinajstić information content (AvgIpc) is 2.91. The van der Waals surface area contributed by atoms with E-state index in [1.807, 2.05) is 6.07 Å². The van der Waals surface area contributed by atoms with Crippen molar-refractivity contribution < 1.29 is 4.79 Å². The van der Waals surface area contributed by atoms with Gasteiger partial charge in [0.05, 0.1) is 10.0 Å². The number of fused-ring (bicyclic) bond motifs is 1. The zero-order chi connectivity index (χ0) is 14.1. The number of Topliss-reactive ketones (excluding diaryl/α,β-unsaturated/α-hetero) is 1. The van der Waals surface area contributed by atoms with Crippen molar-refractivity contribution in [2.45, 2.75) is 31.6 Å². The predicted molar refractivity (Wildman–Crippen MR) is 85.2 cm³/mol. The number of rotatable bonds is 3. The Kier molecular flexibility index (Phi) is 4.16. The summed E-state index contributed by atoms with van der Waals surface area (Å²) in [5, 5.41) is 3.13. The molecule has 0 amide bonds. The van der Waals surface area contributed by atoms with Crippen molar-refractivity contribution in [1.29, 1.82) is 0 Å². The molecule has 0 fully saturated rings. The van der Waals surface area contributed by atoms with Crippen LogP contribution in [0.2, 0.25) is 10.0 Å². The summed E-state index contributed by atoms with van der Waals surface area (Å²) in [6.45, 7) is 0. The summed E-state index contributed by atoms with van der Waals surface area (Å²) in [7, 11) is 0. The molecule has 20 heavy (non-hydrogen) atoms. The highest BCUT2D eigenvalue weighted by atomic mass is 35.5. The fraction of sp³-hybridized carbons (Fsp3) is 0.312. The van der Waals surface area contributed by atoms with E-state index in [-0.39, 0.29) is 11.7 Å². The van der Waals surface area contributed by atoms with Crippen LogP contribution < -0.4 is 0 Å². The van der Waals surface area contributed by atoms with Gasteiger partial charge in [0, 0.05) is 17.2 Å². The van der Waals surface area contributed by atoms with Gasteiger partial charge in [0.2, 0.25) is 0 Å². The second kappa shape index (κ2) is 5.88. The van der Waals surface area contributed by atoms with Crippen LogP contribution >= 0.6 is 34.5 Å². The van der Waals surface area contributed by atoms with Gasteiger partial charge in [0.25, 0.3) is 0 Å². The van der Waals surface area contributed by atoms with Crippen LogP contribution in [0.1, 0.15) is 34.8 Å². The summed E-state index contributed by atoms with van der Waals surface area (Å²) in [4.78, 5) is 13.9. The van der Waals surface area contributed by atoms with Crippen molar-refractivity contribution >= 4 is 40.3 Å². The largest absolute Gasteiger partial charge is 0.299 e. The SMILES string of the molecule is O=C(Cc1ccc(Cl)c(Cl)c1)C1CCCc2sccc21. The lowest BCUT2D eigenvalue weighted by Crippen LogP contribution is -2.18. The second-order valence-corrected chi connectivity index (χ2v) is 6.95. The summed E-state index contributed by atoms with van der Waals surface area (Å²) in [5.41, 5.74) is 2.18. The standard InChI is InChI=1S/C16H14Cl2OS/c17-13-5-4-10(8-14(13)18)9-15(19)11-2-1-3-16-12(11)6-7-20-16/h4-8,11H,1-3,9H2. The maximum absolute atomic E-state index is 12.6. The Bertz CT molecular complexity index is 648. The number of halogens is 2. The number of ketones is 1. The van der Waals surface area contributed by atoms with Gasteiger partial charge in [-0.25, -0.2) is 0 Å². The van der Waals surface area contributed by atoms with Crippen LogP contribution in [-0.2, 0) is 17.6 Å². The molecule has 0 spiro atoms. The van der Waals surface area contributed by atoms with Crippen molar-refractivity contribution in [3.63, 3.8) is 0 Å². The molecule has 0 radical (unpaired) electrons. The van der Waals surface area contributed by atoms with Crippen LogP contribution in [0.15, 0.2) is 29.6 Å². The smallest absolute Gasteiger partial charge is 0.144 e. The van der Waals surface area contributed by atoms with Crippen molar-refractivity contribution in [2.24, 2.45) is 0 Å². The van der Waals surface area contributed by atoms with Crippen molar-refractivity contribution in [3.8, 4) is 0 Å². The molecule has 1 aromatic carbocycles. The monoisotopic (exact) mass is 324 g/mol. The minimum atomic E-state index is 0.0550. The van der Waals surface area contributed by atoms with Gasteiger partial charge >= 0.3 is 0 Å². The fourth-order valence-corrected chi connectivity index (χ4v) is 4.10. The number of thiophene rings is 1. The number of carbonyl (C=O) groups excluding carboxylic acids is 1. The van der Waals surface area contributed by atoms with E-state index in [9.17, 15) is 4.79 Å². The molecule has 104 valence electrons. The molecule has 1 atom stereocenters. The Morgan fingerprint density at radius 1 is 1.25 bits per heavy atom. The highest BCUT2D eigenvalue weighted by molar-refractivity contribution is 7.10. The number of benzene rings is 1. The summed E-state index contributed by atoms with van der Waals surface area (Å²) >= 11 is 13.7. The first-order valence-corrected chi connectivity index (χ1v) is 8.31. The summed E-state index contributed by atoms with van der Waals surface area (Å²) in [6.07, 6.45) is 3.61. The Balaban J connectivity index is 1.79. The normalized spacial score (nSPS) is 17.8. The van der Waals surface area contributed by atoms with Crippen molar-refractivity contribution in [1.82, 2.24) is 0 Å². The molecule has 0 bridgehead atoms. The van der Waals surface area contributed by atoms with Gasteiger partial charge in [-0.3, -0.25) is 4.79 Å². The topological polar surface area (TPSA) is 17.1 Å². The van der Waals surface area contributed by atoms with E-state index in [2.05, 4.69) is 11.4 Å². The van der Waals surface area contributed by atoms with E-state index in [1.54, 1.807) is 23.5 Å². The Morgan fingerprint density at radius 2 is 2.10 bits per heavy atom. The number of hydrogen-bond donors (Lipinski definition) is 0. The predicted octanol–water partition coefficient (Wildman–Crippen LogP) is 5.29. The highest BCUT2D eigenvalue weighted by Gasteiger charge is 2.27. The average molecular weight is 325 g/mol. The molecule has 1 unspecified atom stereocenters. The molecule has 1 aliphatic carbocycles. The minimum absolute atomic E-state index is 0.0550. The minimum Gasteiger partial charge on any atom is -0.299 e. The first kappa shape index (κ1) is 14.1. The molecule has 1 heterocycles. The van der Waals surface area contributed by atoms with Gasteiger partial charge in [0.1, 0.15) is 5.78 Å². The highest BCUT2D eigenvalue weighted by Crippen LogP contribution is 2.36. The number of carbonyl (C=O) groups is 1. The third-order valence-electron chi connectivity index (χ3n) is 3.80. The molecule has 1 aliphatic rings. The third-order valence-corrected chi connectivity index (χ3v) is 5.54. The van der Waals surface area contributed by atoms with Gasteiger partial charge in [-0.2, -0.15) is 0 Å². The van der Waals surface area contributed by atoms with Gasteiger partial charge in [-0.15, -0.1) is 11.3 Å². The molecule has 1 aromatic heterocycles. The zero-order valence-electron chi connectivity index (χ0n) is 10.9. The summed E-state index contributed by atoms with van der Waals surface area (Å²) < 4.78 is 0. The van der Waals surface area contributed by atoms with Gasteiger partial charge in [-0.05, 0) is 54.0 Å². The van der Waals surface area contributed by atoms with E-state index in [4.69, 9.17) is 23.2 Å². The van der Waals surface area contributed by atoms with E-state index in [0.717, 1.165) is 24.8 Å². The number of aryl methyl sites for hydroxylation is 1. The van der Waals surface area contributed by atoms with Gasteiger partial charge in [0.15, 0.2) is 0 Å². The van der Waals surface area contributed by atoms with Crippen LogP contribution in [0.3, 0.4) is 0 Å². The lowest BCUT2D eigenvalue weighted by Gasteiger charge is -2.21. The molecule has 3 rings (SSSR count). The zero-order valence-corrected chi connectivity index (χ0v) is 13.2. The summed E-state index contributed by atoms with van der Waals surface area (Å²) in [6, 6.07) is 7.53. The number of hydrogen-bond acceptors (Lipinski definition) is 2. The molecule has 4 heteroatoms. The molecule has 2 aromatic rings. The van der Waals surface area contributed by atoms with Crippen molar-refractivity contribution in [3.05, 3.63) is 55.7 Å². The molecular weight excluding hydrogens is 311 g/mol. The van der Waals surface area contributed by atoms with E-state index in [1.165, 1.54) is 10.4 Å². The van der Waals surface area contributed by atoms with Crippen LogP contribution in [-0.4, -0.2) is 5.78 Å². The molecule has 0 saturated carbocycles. The summed E-state index contributed by atoms with van der Waals surface area (Å²) in [5.74, 6) is 0.335. The quantitative estimate of drug-likeness (QED) is 0.750. The van der Waals surface area contributed by atoms with Crippen LogP contribution in [0.5, 0.6) is 0 Å². The van der Waals surface area contributed by atoms with E-state index >= 15 is 0 Å². The molecule has 0 saturated heterocycles. The third kappa shape index (κ3) is 2.78. The molecule has 0 aliphatic heterocycles. The molecule has 0 N–H and O–H groups in total. The van der Waals surface area contributed by atoms with Crippen LogP contribution in [0, 0.1) is 0 Å². The Morgan fingerprint density at radius 3 is 2.90 bits per heavy atom. The second-order valence-electron chi connectivity index (χ2n) is 5.14. The van der Waals surface area contributed by atoms with Crippen LogP contribution in [0.4, 0.5) is 0 Å². The molecule has 1 nitrogen and oxygen atoms in total. The van der Waals surface area contributed by atoms with Gasteiger partial charge < -0.3 is 0 Å². The lowest BCUT2D eigenvalue weighted by molar-refractivity contribution is -0.120. The first-order valence-electron chi connectivity index (χ1n) is 6.68. The Labute approximate surface area is 132 Å². The Hall–Kier alpha value is -0.830. The lowest BCUT2D eigenvalue weighted by atomic mass is 9.83. The first-order chi connectivity index (χ1) is 9.65. The fourth-order valence-electron chi connectivity index (χ4n) is 2.79. The van der Waals surface area contributed by atoms with E-state index in [0.29, 0.717) is 16.5 Å². The van der Waals surface area contributed by atoms with Gasteiger partial charge in [-0.1, -0.05) is 29.3 Å². The van der Waals surface area contributed by atoms with E-state index < -0.39 is 0 Å². The maximum atomic E-state index is 12.6. The van der Waals surface area contributed by atoms with Crippen LogP contribution in [0.25, 0.3) is 0 Å². The maximum Gasteiger partial charge on any atom is 0.144 e.